The van der Waals surface area contributed by atoms with Crippen LogP contribution >= 0.6 is 50.7 Å². The molecule has 22 heavy (non-hydrogen) atoms. The van der Waals surface area contributed by atoms with E-state index in [0.29, 0.717) is 6.07 Å². The zero-order chi connectivity index (χ0) is 16.8. The number of hydrogen-bond acceptors (Lipinski definition) is 3. The van der Waals surface area contributed by atoms with E-state index >= 15 is 0 Å². The van der Waals surface area contributed by atoms with Gasteiger partial charge in [0.2, 0.25) is 0 Å². The van der Waals surface area contributed by atoms with Crippen molar-refractivity contribution in [3.63, 3.8) is 0 Å². The number of nitro groups is 1. The Hall–Kier alpha value is -1.03. The number of halogens is 7. The SMILES string of the molecule is O=[N+]([O-])c1cnn(-c2c(Cl)cc(C(F)(F)F)c(Cl)c2Cl)c1Br. The van der Waals surface area contributed by atoms with Crippen LogP contribution in [0.4, 0.5) is 18.9 Å². The summed E-state index contributed by atoms with van der Waals surface area (Å²) >= 11 is 20.2. The summed E-state index contributed by atoms with van der Waals surface area (Å²) in [6.07, 6.45) is -3.86. The molecule has 0 aliphatic rings. The Labute approximate surface area is 143 Å². The highest BCUT2D eigenvalue weighted by molar-refractivity contribution is 9.10. The molecule has 0 spiro atoms. The van der Waals surface area contributed by atoms with E-state index in [-0.39, 0.29) is 10.3 Å². The summed E-state index contributed by atoms with van der Waals surface area (Å²) < 4.78 is 39.2. The number of hydrogen-bond donors (Lipinski definition) is 0. The number of alkyl halides is 3. The van der Waals surface area contributed by atoms with Gasteiger partial charge >= 0.3 is 11.9 Å². The Morgan fingerprint density at radius 2 is 1.86 bits per heavy atom. The Morgan fingerprint density at radius 3 is 2.32 bits per heavy atom. The molecule has 0 saturated heterocycles. The molecular weight excluding hydrogens is 437 g/mol. The van der Waals surface area contributed by atoms with Crippen molar-refractivity contribution in [2.75, 3.05) is 0 Å². The molecule has 0 fully saturated rings. The van der Waals surface area contributed by atoms with Crippen LogP contribution in [-0.2, 0) is 6.18 Å². The first-order valence-corrected chi connectivity index (χ1v) is 7.11. The average molecular weight is 439 g/mol. The molecule has 0 atom stereocenters. The molecule has 2 aromatic rings. The second kappa shape index (κ2) is 5.88. The molecule has 1 aromatic carbocycles. The van der Waals surface area contributed by atoms with Gasteiger partial charge in [0.1, 0.15) is 11.9 Å². The second-order valence-electron chi connectivity index (χ2n) is 3.87. The van der Waals surface area contributed by atoms with Crippen LogP contribution in [-0.4, -0.2) is 14.7 Å². The highest BCUT2D eigenvalue weighted by atomic mass is 79.9. The standard InChI is InChI=1S/C10H2BrCl3F3N3O2/c11-9-5(20(21)22)2-18-19(9)8-4(12)1-3(10(15,16)17)6(13)7(8)14/h1-2H. The molecule has 1 heterocycles. The molecule has 0 amide bonds. The molecule has 0 N–H and O–H groups in total. The van der Waals surface area contributed by atoms with Crippen LogP contribution in [0.3, 0.4) is 0 Å². The van der Waals surface area contributed by atoms with Crippen LogP contribution < -0.4 is 0 Å². The van der Waals surface area contributed by atoms with Gasteiger partial charge in [0.25, 0.3) is 0 Å². The van der Waals surface area contributed by atoms with Crippen molar-refractivity contribution < 1.29 is 18.1 Å². The normalized spacial score (nSPS) is 11.8. The first-order chi connectivity index (χ1) is 10.1. The maximum absolute atomic E-state index is 12.8. The zero-order valence-corrected chi connectivity index (χ0v) is 13.8. The van der Waals surface area contributed by atoms with E-state index in [1.807, 2.05) is 0 Å². The lowest BCUT2D eigenvalue weighted by Gasteiger charge is -2.15. The van der Waals surface area contributed by atoms with Crippen molar-refractivity contribution in [3.8, 4) is 5.69 Å². The van der Waals surface area contributed by atoms with Crippen molar-refractivity contribution in [2.45, 2.75) is 6.18 Å². The fourth-order valence-corrected chi connectivity index (χ4v) is 2.97. The third kappa shape index (κ3) is 2.90. The van der Waals surface area contributed by atoms with Gasteiger partial charge in [-0.2, -0.15) is 18.3 Å². The second-order valence-corrected chi connectivity index (χ2v) is 5.78. The Balaban J connectivity index is 2.73. The monoisotopic (exact) mass is 437 g/mol. The highest BCUT2D eigenvalue weighted by Crippen LogP contribution is 2.44. The van der Waals surface area contributed by atoms with Crippen molar-refractivity contribution in [1.29, 1.82) is 0 Å². The van der Waals surface area contributed by atoms with Gasteiger partial charge in [-0.3, -0.25) is 10.1 Å². The van der Waals surface area contributed by atoms with Crippen LogP contribution in [0.5, 0.6) is 0 Å². The van der Waals surface area contributed by atoms with Crippen LogP contribution in [0.15, 0.2) is 16.9 Å². The van der Waals surface area contributed by atoms with E-state index in [1.54, 1.807) is 0 Å². The lowest BCUT2D eigenvalue weighted by Crippen LogP contribution is -2.09. The predicted molar refractivity (Wildman–Crippen MR) is 78.0 cm³/mol. The molecule has 0 unspecified atom stereocenters. The summed E-state index contributed by atoms with van der Waals surface area (Å²) in [6, 6.07) is 0.574. The zero-order valence-electron chi connectivity index (χ0n) is 9.96. The number of benzene rings is 1. The molecule has 118 valence electrons. The summed E-state index contributed by atoms with van der Waals surface area (Å²) in [5.41, 5.74) is -1.84. The minimum absolute atomic E-state index is 0.142. The molecule has 12 heteroatoms. The van der Waals surface area contributed by atoms with E-state index in [9.17, 15) is 23.3 Å². The van der Waals surface area contributed by atoms with E-state index < -0.39 is 37.4 Å². The summed E-state index contributed by atoms with van der Waals surface area (Å²) in [4.78, 5) is 10.0. The quantitative estimate of drug-likeness (QED) is 0.352. The number of aromatic nitrogens is 2. The van der Waals surface area contributed by atoms with Crippen molar-refractivity contribution >= 4 is 56.4 Å². The highest BCUT2D eigenvalue weighted by Gasteiger charge is 2.36. The molecular formula is C10H2BrCl3F3N3O2. The van der Waals surface area contributed by atoms with Crippen LogP contribution in [0, 0.1) is 10.1 Å². The summed E-state index contributed by atoms with van der Waals surface area (Å²) in [6.45, 7) is 0. The maximum atomic E-state index is 12.8. The lowest BCUT2D eigenvalue weighted by atomic mass is 10.2. The molecule has 0 saturated carbocycles. The molecule has 0 aliphatic carbocycles. The van der Waals surface area contributed by atoms with Crippen LogP contribution in [0.2, 0.25) is 15.1 Å². The van der Waals surface area contributed by atoms with Crippen molar-refractivity contribution in [1.82, 2.24) is 9.78 Å². The minimum atomic E-state index is -4.75. The molecule has 2 rings (SSSR count). The Morgan fingerprint density at radius 1 is 1.27 bits per heavy atom. The molecule has 1 aromatic heterocycles. The van der Waals surface area contributed by atoms with Crippen molar-refractivity contribution in [3.05, 3.63) is 47.6 Å². The van der Waals surface area contributed by atoms with Gasteiger partial charge in [-0.05, 0) is 22.0 Å². The van der Waals surface area contributed by atoms with Gasteiger partial charge in [-0.15, -0.1) is 0 Å². The summed E-state index contributed by atoms with van der Waals surface area (Å²) in [5.74, 6) is 0. The van der Waals surface area contributed by atoms with E-state index in [0.717, 1.165) is 10.9 Å². The smallest absolute Gasteiger partial charge is 0.258 e. The minimum Gasteiger partial charge on any atom is -0.258 e. The molecule has 0 radical (unpaired) electrons. The van der Waals surface area contributed by atoms with Crippen LogP contribution in [0.25, 0.3) is 5.69 Å². The fourth-order valence-electron chi connectivity index (χ4n) is 1.59. The lowest BCUT2D eigenvalue weighted by molar-refractivity contribution is -0.385. The molecule has 0 bridgehead atoms. The number of rotatable bonds is 2. The molecule has 5 nitrogen and oxygen atoms in total. The Kier molecular flexibility index (Phi) is 4.63. The van der Waals surface area contributed by atoms with Crippen molar-refractivity contribution in [2.24, 2.45) is 0 Å². The van der Waals surface area contributed by atoms with Gasteiger partial charge in [0.05, 0.1) is 25.6 Å². The summed E-state index contributed by atoms with van der Waals surface area (Å²) in [5, 5.41) is 12.7. The van der Waals surface area contributed by atoms with E-state index in [4.69, 9.17) is 34.8 Å². The fraction of sp³-hybridized carbons (Fsp3) is 0.100. The average Bonchev–Trinajstić information content (AvgIpc) is 2.75. The van der Waals surface area contributed by atoms with Gasteiger partial charge in [0, 0.05) is 0 Å². The van der Waals surface area contributed by atoms with Gasteiger partial charge < -0.3 is 0 Å². The predicted octanol–water partition coefficient (Wildman–Crippen LogP) is 5.52. The van der Waals surface area contributed by atoms with Gasteiger partial charge in [-0.25, -0.2) is 4.68 Å². The first kappa shape index (κ1) is 17.3. The largest absolute Gasteiger partial charge is 0.417 e. The topological polar surface area (TPSA) is 61.0 Å². The van der Waals surface area contributed by atoms with Crippen LogP contribution in [0.1, 0.15) is 5.56 Å². The van der Waals surface area contributed by atoms with E-state index in [2.05, 4.69) is 21.0 Å². The van der Waals surface area contributed by atoms with E-state index in [1.165, 1.54) is 0 Å². The third-order valence-corrected chi connectivity index (χ3v) is 4.43. The van der Waals surface area contributed by atoms with Gasteiger partial charge in [-0.1, -0.05) is 34.8 Å². The van der Waals surface area contributed by atoms with Gasteiger partial charge in [0.15, 0.2) is 4.60 Å². The number of nitrogens with zero attached hydrogens (tertiary/aromatic N) is 3. The first-order valence-electron chi connectivity index (χ1n) is 5.18. The maximum Gasteiger partial charge on any atom is 0.417 e. The third-order valence-electron chi connectivity index (χ3n) is 2.54. The summed E-state index contributed by atoms with van der Waals surface area (Å²) in [7, 11) is 0. The Bertz CT molecular complexity index is 779. The molecule has 0 aliphatic heterocycles.